The average molecular weight is 155 g/mol. The summed E-state index contributed by atoms with van der Waals surface area (Å²) in [5, 5.41) is 11.8. The Morgan fingerprint density at radius 3 is 2.82 bits per heavy atom. The van der Waals surface area contributed by atoms with Crippen LogP contribution in [0.4, 0.5) is 0 Å². The summed E-state index contributed by atoms with van der Waals surface area (Å²) in [6.45, 7) is 0.680. The Bertz CT molecular complexity index is 150. The molecule has 1 N–H and O–H groups in total. The molecule has 0 aliphatic heterocycles. The third kappa shape index (κ3) is 9.01. The zero-order chi connectivity index (χ0) is 8.36. The molecular formula is C7H13N3O. The standard InChI is InChI=1S/C7H13N3O/c8-10-9-6-4-2-1-3-5-7-11/h3,5,11H,1-2,4,6-7H2/b5-3+. The molecule has 0 atom stereocenters. The van der Waals surface area contributed by atoms with E-state index in [2.05, 4.69) is 10.0 Å². The van der Waals surface area contributed by atoms with E-state index in [-0.39, 0.29) is 6.61 Å². The Kier molecular flexibility index (Phi) is 8.20. The molecule has 0 aliphatic carbocycles. The minimum Gasteiger partial charge on any atom is -0.392 e. The summed E-state index contributed by atoms with van der Waals surface area (Å²) in [5.74, 6) is 0. The van der Waals surface area contributed by atoms with E-state index >= 15 is 0 Å². The first-order chi connectivity index (χ1) is 5.41. The Balaban J connectivity index is 3.02. The molecule has 0 aromatic carbocycles. The normalized spacial score (nSPS) is 9.91. The molecule has 0 spiro atoms. The van der Waals surface area contributed by atoms with Crippen LogP contribution in [0.1, 0.15) is 19.3 Å². The van der Waals surface area contributed by atoms with Gasteiger partial charge in [0.2, 0.25) is 0 Å². The van der Waals surface area contributed by atoms with Crippen molar-refractivity contribution in [2.45, 2.75) is 19.3 Å². The fourth-order valence-electron chi connectivity index (χ4n) is 0.682. The lowest BCUT2D eigenvalue weighted by atomic mass is 10.2. The van der Waals surface area contributed by atoms with Crippen molar-refractivity contribution in [1.82, 2.24) is 0 Å². The summed E-state index contributed by atoms with van der Waals surface area (Å²) < 4.78 is 0. The third-order valence-electron chi connectivity index (χ3n) is 1.21. The van der Waals surface area contributed by atoms with Crippen molar-refractivity contribution in [3.8, 4) is 0 Å². The molecule has 4 nitrogen and oxygen atoms in total. The van der Waals surface area contributed by atoms with Crippen molar-refractivity contribution in [3.05, 3.63) is 22.6 Å². The maximum atomic E-state index is 8.35. The second-order valence-electron chi connectivity index (χ2n) is 2.10. The van der Waals surface area contributed by atoms with Gasteiger partial charge in [0.1, 0.15) is 0 Å². The van der Waals surface area contributed by atoms with Crippen LogP contribution in [0.5, 0.6) is 0 Å². The van der Waals surface area contributed by atoms with Gasteiger partial charge < -0.3 is 5.11 Å². The van der Waals surface area contributed by atoms with Gasteiger partial charge in [0.25, 0.3) is 0 Å². The van der Waals surface area contributed by atoms with E-state index in [1.807, 2.05) is 6.08 Å². The molecule has 0 aliphatic rings. The van der Waals surface area contributed by atoms with E-state index in [0.29, 0.717) is 6.54 Å². The lowest BCUT2D eigenvalue weighted by molar-refractivity contribution is 0.342. The molecule has 0 saturated carbocycles. The highest BCUT2D eigenvalue weighted by Gasteiger charge is 1.82. The average Bonchev–Trinajstić information content (AvgIpc) is 2.03. The quantitative estimate of drug-likeness (QED) is 0.206. The van der Waals surface area contributed by atoms with Crippen LogP contribution in [0.25, 0.3) is 10.4 Å². The minimum atomic E-state index is 0.107. The highest BCUT2D eigenvalue weighted by molar-refractivity contribution is 4.80. The first-order valence-electron chi connectivity index (χ1n) is 3.68. The minimum absolute atomic E-state index is 0.107. The summed E-state index contributed by atoms with van der Waals surface area (Å²) in [6.07, 6.45) is 6.51. The first-order valence-corrected chi connectivity index (χ1v) is 3.68. The summed E-state index contributed by atoms with van der Waals surface area (Å²) in [7, 11) is 0. The van der Waals surface area contributed by atoms with Crippen molar-refractivity contribution < 1.29 is 5.11 Å². The van der Waals surface area contributed by atoms with Crippen LogP contribution >= 0.6 is 0 Å². The number of hydrogen-bond donors (Lipinski definition) is 1. The van der Waals surface area contributed by atoms with Crippen LogP contribution in [0, 0.1) is 0 Å². The van der Waals surface area contributed by atoms with E-state index in [1.165, 1.54) is 0 Å². The number of unbranched alkanes of at least 4 members (excludes halogenated alkanes) is 2. The molecule has 62 valence electrons. The highest BCUT2D eigenvalue weighted by atomic mass is 16.2. The zero-order valence-corrected chi connectivity index (χ0v) is 6.48. The molecule has 0 rings (SSSR count). The molecule has 0 aromatic heterocycles. The monoisotopic (exact) mass is 155 g/mol. The van der Waals surface area contributed by atoms with Crippen molar-refractivity contribution in [2.24, 2.45) is 5.11 Å². The molecule has 0 aromatic rings. The Morgan fingerprint density at radius 2 is 2.18 bits per heavy atom. The van der Waals surface area contributed by atoms with Gasteiger partial charge >= 0.3 is 0 Å². The number of hydrogen-bond acceptors (Lipinski definition) is 2. The summed E-state index contributed by atoms with van der Waals surface area (Å²) in [5.41, 5.74) is 7.92. The molecule has 0 saturated heterocycles. The molecule has 0 radical (unpaired) electrons. The second kappa shape index (κ2) is 9.01. The van der Waals surface area contributed by atoms with Crippen LogP contribution in [-0.4, -0.2) is 18.3 Å². The third-order valence-corrected chi connectivity index (χ3v) is 1.21. The van der Waals surface area contributed by atoms with Gasteiger partial charge in [-0.3, -0.25) is 0 Å². The van der Waals surface area contributed by atoms with E-state index in [0.717, 1.165) is 19.3 Å². The van der Waals surface area contributed by atoms with Crippen LogP contribution in [-0.2, 0) is 0 Å². The predicted octanol–water partition coefficient (Wildman–Crippen LogP) is 2.02. The first kappa shape index (κ1) is 10.0. The molecule has 0 heterocycles. The van der Waals surface area contributed by atoms with Gasteiger partial charge in [0.15, 0.2) is 0 Å². The highest BCUT2D eigenvalue weighted by Crippen LogP contribution is 1.96. The predicted molar refractivity (Wildman–Crippen MR) is 44.1 cm³/mol. The van der Waals surface area contributed by atoms with Crippen LogP contribution in [0.2, 0.25) is 0 Å². The number of azide groups is 1. The van der Waals surface area contributed by atoms with Crippen molar-refractivity contribution in [2.75, 3.05) is 13.2 Å². The molecule has 11 heavy (non-hydrogen) atoms. The molecule has 0 bridgehead atoms. The molecular weight excluding hydrogens is 142 g/mol. The van der Waals surface area contributed by atoms with E-state index < -0.39 is 0 Å². The zero-order valence-electron chi connectivity index (χ0n) is 6.48. The summed E-state index contributed by atoms with van der Waals surface area (Å²) >= 11 is 0. The largest absolute Gasteiger partial charge is 0.392 e. The van der Waals surface area contributed by atoms with Crippen molar-refractivity contribution >= 4 is 0 Å². The van der Waals surface area contributed by atoms with Crippen LogP contribution in [0.15, 0.2) is 17.3 Å². The van der Waals surface area contributed by atoms with Gasteiger partial charge in [-0.25, -0.2) is 0 Å². The lowest BCUT2D eigenvalue weighted by Gasteiger charge is -1.90. The Hall–Kier alpha value is -0.990. The molecule has 4 heteroatoms. The topological polar surface area (TPSA) is 69.0 Å². The van der Waals surface area contributed by atoms with Crippen LogP contribution < -0.4 is 0 Å². The fraction of sp³-hybridized carbons (Fsp3) is 0.714. The maximum Gasteiger partial charge on any atom is 0.0612 e. The smallest absolute Gasteiger partial charge is 0.0612 e. The number of rotatable bonds is 6. The van der Waals surface area contributed by atoms with Gasteiger partial charge in [0, 0.05) is 11.5 Å². The Morgan fingerprint density at radius 1 is 1.36 bits per heavy atom. The van der Waals surface area contributed by atoms with Crippen LogP contribution in [0.3, 0.4) is 0 Å². The molecule has 0 fully saturated rings. The van der Waals surface area contributed by atoms with E-state index in [9.17, 15) is 0 Å². The number of allylic oxidation sites excluding steroid dienone is 1. The van der Waals surface area contributed by atoms with Crippen molar-refractivity contribution in [3.63, 3.8) is 0 Å². The number of aliphatic hydroxyl groups is 1. The Labute approximate surface area is 66.2 Å². The SMILES string of the molecule is [N-]=[N+]=NCCCC/C=C/CO. The molecule has 0 unspecified atom stereocenters. The number of aliphatic hydroxyl groups excluding tert-OH is 1. The van der Waals surface area contributed by atoms with Gasteiger partial charge in [-0.05, 0) is 24.8 Å². The van der Waals surface area contributed by atoms with Gasteiger partial charge in [-0.15, -0.1) is 0 Å². The lowest BCUT2D eigenvalue weighted by Crippen LogP contribution is -1.78. The van der Waals surface area contributed by atoms with Crippen molar-refractivity contribution in [1.29, 1.82) is 0 Å². The number of nitrogens with zero attached hydrogens (tertiary/aromatic N) is 3. The summed E-state index contributed by atoms with van der Waals surface area (Å²) in [6, 6.07) is 0. The van der Waals surface area contributed by atoms with E-state index in [1.54, 1.807) is 6.08 Å². The maximum absolute atomic E-state index is 8.35. The summed E-state index contributed by atoms with van der Waals surface area (Å²) in [4.78, 5) is 2.64. The second-order valence-corrected chi connectivity index (χ2v) is 2.10. The van der Waals surface area contributed by atoms with E-state index in [4.69, 9.17) is 10.6 Å². The molecule has 0 amide bonds. The van der Waals surface area contributed by atoms with Gasteiger partial charge in [0.05, 0.1) is 6.61 Å². The van der Waals surface area contributed by atoms with Gasteiger partial charge in [-0.1, -0.05) is 17.3 Å². The fourth-order valence-corrected chi connectivity index (χ4v) is 0.682. The van der Waals surface area contributed by atoms with Gasteiger partial charge in [-0.2, -0.15) is 0 Å².